The summed E-state index contributed by atoms with van der Waals surface area (Å²) in [7, 11) is -1.97. The molecule has 3 rings (SSSR count). The SMILES string of the molecule is COC(=O)c1ccc2c(c1)sc(=NC(=O)CCCS(=O)(=O)Cc1ccccc1)n2CCSC. The molecule has 0 saturated carbocycles. The number of hydrogen-bond donors (Lipinski definition) is 0. The van der Waals surface area contributed by atoms with Crippen molar-refractivity contribution >= 4 is 55.0 Å². The molecule has 0 radical (unpaired) electrons. The van der Waals surface area contributed by atoms with Crippen LogP contribution in [0.3, 0.4) is 0 Å². The van der Waals surface area contributed by atoms with E-state index < -0.39 is 15.8 Å². The number of nitrogens with zero attached hydrogens (tertiary/aromatic N) is 2. The minimum Gasteiger partial charge on any atom is -0.465 e. The third kappa shape index (κ3) is 7.02. The Morgan fingerprint density at radius 1 is 1.15 bits per heavy atom. The van der Waals surface area contributed by atoms with Crippen LogP contribution in [0.2, 0.25) is 0 Å². The number of methoxy groups -OCH3 is 1. The van der Waals surface area contributed by atoms with Gasteiger partial charge in [0.2, 0.25) is 5.91 Å². The Morgan fingerprint density at radius 2 is 1.91 bits per heavy atom. The topological polar surface area (TPSA) is 94.8 Å². The molecular formula is C23H26N2O5S3. The van der Waals surface area contributed by atoms with E-state index in [1.165, 1.54) is 18.4 Å². The van der Waals surface area contributed by atoms with E-state index in [1.807, 2.05) is 23.0 Å². The number of amides is 1. The first kappa shape index (κ1) is 25.2. The molecule has 1 heterocycles. The highest BCUT2D eigenvalue weighted by molar-refractivity contribution is 7.98. The molecule has 0 atom stereocenters. The fourth-order valence-electron chi connectivity index (χ4n) is 3.31. The second kappa shape index (κ2) is 11.6. The molecule has 10 heteroatoms. The number of esters is 1. The largest absolute Gasteiger partial charge is 0.465 e. The number of rotatable bonds is 10. The average Bonchev–Trinajstić information content (AvgIpc) is 3.13. The van der Waals surface area contributed by atoms with Gasteiger partial charge in [-0.3, -0.25) is 4.79 Å². The van der Waals surface area contributed by atoms with Crippen LogP contribution in [0.4, 0.5) is 0 Å². The number of hydrogen-bond acceptors (Lipinski definition) is 7. The van der Waals surface area contributed by atoms with Gasteiger partial charge in [0.15, 0.2) is 14.6 Å². The maximum absolute atomic E-state index is 12.5. The van der Waals surface area contributed by atoms with Gasteiger partial charge < -0.3 is 9.30 Å². The number of aryl methyl sites for hydroxylation is 1. The Hall–Kier alpha value is -2.43. The summed E-state index contributed by atoms with van der Waals surface area (Å²) in [6.45, 7) is 0.663. The maximum atomic E-state index is 12.5. The van der Waals surface area contributed by atoms with Crippen LogP contribution in [0.15, 0.2) is 53.5 Å². The molecule has 1 amide bonds. The predicted molar refractivity (Wildman–Crippen MR) is 133 cm³/mol. The number of aromatic nitrogens is 1. The van der Waals surface area contributed by atoms with Crippen molar-refractivity contribution in [3.8, 4) is 0 Å². The van der Waals surface area contributed by atoms with Crippen LogP contribution in [-0.2, 0) is 31.7 Å². The molecule has 0 aliphatic carbocycles. The highest BCUT2D eigenvalue weighted by atomic mass is 32.2. The summed E-state index contributed by atoms with van der Waals surface area (Å²) in [4.78, 5) is 29.2. The summed E-state index contributed by atoms with van der Waals surface area (Å²) >= 11 is 3.01. The molecule has 0 N–H and O–H groups in total. The zero-order chi connectivity index (χ0) is 23.8. The molecule has 0 aliphatic rings. The molecule has 0 spiro atoms. The van der Waals surface area contributed by atoms with Crippen molar-refractivity contribution in [2.24, 2.45) is 4.99 Å². The van der Waals surface area contributed by atoms with Gasteiger partial charge in [-0.25, -0.2) is 13.2 Å². The summed E-state index contributed by atoms with van der Waals surface area (Å²) in [6, 6.07) is 14.3. The number of ether oxygens (including phenoxy) is 1. The van der Waals surface area contributed by atoms with Crippen molar-refractivity contribution in [3.63, 3.8) is 0 Å². The van der Waals surface area contributed by atoms with Gasteiger partial charge in [-0.2, -0.15) is 16.8 Å². The first-order valence-corrected chi connectivity index (χ1v) is 14.4. The van der Waals surface area contributed by atoms with Crippen LogP contribution >= 0.6 is 23.1 Å². The molecule has 2 aromatic carbocycles. The van der Waals surface area contributed by atoms with E-state index in [-0.39, 0.29) is 30.3 Å². The zero-order valence-electron chi connectivity index (χ0n) is 18.5. The van der Waals surface area contributed by atoms with Crippen molar-refractivity contribution in [2.45, 2.75) is 25.1 Å². The number of thioether (sulfide) groups is 1. The van der Waals surface area contributed by atoms with E-state index in [0.29, 0.717) is 16.9 Å². The highest BCUT2D eigenvalue weighted by Crippen LogP contribution is 2.20. The van der Waals surface area contributed by atoms with E-state index in [0.717, 1.165) is 21.5 Å². The summed E-state index contributed by atoms with van der Waals surface area (Å²) in [5.41, 5.74) is 2.06. The van der Waals surface area contributed by atoms with Gasteiger partial charge in [-0.15, -0.1) is 0 Å². The molecule has 0 saturated heterocycles. The van der Waals surface area contributed by atoms with Crippen LogP contribution in [0.25, 0.3) is 10.2 Å². The summed E-state index contributed by atoms with van der Waals surface area (Å²) in [5, 5.41) is 0. The molecule has 0 fully saturated rings. The number of thiazole rings is 1. The molecule has 0 aliphatic heterocycles. The van der Waals surface area contributed by atoms with E-state index >= 15 is 0 Å². The summed E-state index contributed by atoms with van der Waals surface area (Å²) in [6.07, 6.45) is 2.28. The fraction of sp³-hybridized carbons (Fsp3) is 0.348. The Labute approximate surface area is 201 Å². The molecule has 0 unspecified atom stereocenters. The lowest BCUT2D eigenvalue weighted by Gasteiger charge is -2.05. The Bertz CT molecular complexity index is 1290. The zero-order valence-corrected chi connectivity index (χ0v) is 21.0. The van der Waals surface area contributed by atoms with Gasteiger partial charge in [0.1, 0.15) is 0 Å². The number of benzene rings is 2. The minimum atomic E-state index is -3.30. The quantitative estimate of drug-likeness (QED) is 0.390. The van der Waals surface area contributed by atoms with Crippen LogP contribution < -0.4 is 4.80 Å². The number of carbonyl (C=O) groups excluding carboxylic acids is 2. The molecular weight excluding hydrogens is 480 g/mol. The normalized spacial score (nSPS) is 12.2. The molecule has 7 nitrogen and oxygen atoms in total. The van der Waals surface area contributed by atoms with Gasteiger partial charge in [0.05, 0.1) is 34.4 Å². The lowest BCUT2D eigenvalue weighted by Crippen LogP contribution is -2.18. The lowest BCUT2D eigenvalue weighted by molar-refractivity contribution is -0.118. The van der Waals surface area contributed by atoms with Gasteiger partial charge in [-0.05, 0) is 36.4 Å². The second-order valence-corrected chi connectivity index (χ2v) is 11.6. The van der Waals surface area contributed by atoms with Crippen molar-refractivity contribution < 1.29 is 22.7 Å². The number of carbonyl (C=O) groups is 2. The van der Waals surface area contributed by atoms with Gasteiger partial charge in [0, 0.05) is 18.7 Å². The fourth-order valence-corrected chi connectivity index (χ4v) is 6.21. The van der Waals surface area contributed by atoms with Crippen LogP contribution in [0.5, 0.6) is 0 Å². The number of fused-ring (bicyclic) bond motifs is 1. The standard InChI is InChI=1S/C23H26N2O5S3/c1-30-22(27)18-10-11-19-20(15-18)32-23(25(19)12-13-31-2)24-21(26)9-6-14-33(28,29)16-17-7-4-3-5-8-17/h3-5,7-8,10-11,15H,6,9,12-14,16H2,1-2H3. The van der Waals surface area contributed by atoms with Crippen LogP contribution in [0.1, 0.15) is 28.8 Å². The Balaban J connectivity index is 1.75. The Kier molecular flexibility index (Phi) is 8.87. The monoisotopic (exact) mass is 506 g/mol. The predicted octanol–water partition coefficient (Wildman–Crippen LogP) is 3.67. The van der Waals surface area contributed by atoms with Crippen LogP contribution in [-0.4, -0.2) is 49.7 Å². The third-order valence-electron chi connectivity index (χ3n) is 4.92. The third-order valence-corrected chi connectivity index (χ3v) is 8.23. The summed E-state index contributed by atoms with van der Waals surface area (Å²) < 4.78 is 32.3. The maximum Gasteiger partial charge on any atom is 0.337 e. The second-order valence-electron chi connectivity index (χ2n) is 7.39. The smallest absolute Gasteiger partial charge is 0.337 e. The van der Waals surface area contributed by atoms with E-state index in [4.69, 9.17) is 4.74 Å². The van der Waals surface area contributed by atoms with E-state index in [9.17, 15) is 18.0 Å². The molecule has 33 heavy (non-hydrogen) atoms. The first-order chi connectivity index (χ1) is 15.8. The van der Waals surface area contributed by atoms with Gasteiger partial charge in [0.25, 0.3) is 0 Å². The average molecular weight is 507 g/mol. The molecule has 176 valence electrons. The molecule has 1 aromatic heterocycles. The first-order valence-electron chi connectivity index (χ1n) is 10.4. The van der Waals surface area contributed by atoms with Gasteiger partial charge in [-0.1, -0.05) is 41.7 Å². The van der Waals surface area contributed by atoms with Crippen molar-refractivity contribution in [2.75, 3.05) is 24.9 Å². The Morgan fingerprint density at radius 3 is 2.61 bits per heavy atom. The highest BCUT2D eigenvalue weighted by Gasteiger charge is 2.14. The van der Waals surface area contributed by atoms with Crippen molar-refractivity contribution in [1.29, 1.82) is 0 Å². The summed E-state index contributed by atoms with van der Waals surface area (Å²) in [5.74, 6) is -0.0456. The van der Waals surface area contributed by atoms with Crippen LogP contribution in [0, 0.1) is 0 Å². The van der Waals surface area contributed by atoms with Crippen molar-refractivity contribution in [3.05, 3.63) is 64.5 Å². The van der Waals surface area contributed by atoms with E-state index in [2.05, 4.69) is 4.99 Å². The van der Waals surface area contributed by atoms with E-state index in [1.54, 1.807) is 48.2 Å². The molecule has 0 bridgehead atoms. The number of sulfone groups is 1. The minimum absolute atomic E-state index is 0.0350. The lowest BCUT2D eigenvalue weighted by atomic mass is 10.2. The van der Waals surface area contributed by atoms with Crippen molar-refractivity contribution in [1.82, 2.24) is 4.57 Å². The molecule has 3 aromatic rings. The van der Waals surface area contributed by atoms with Gasteiger partial charge >= 0.3 is 5.97 Å².